The fourth-order valence-corrected chi connectivity index (χ4v) is 5.87. The Morgan fingerprint density at radius 3 is 1.23 bits per heavy atom. The van der Waals surface area contributed by atoms with E-state index in [1.807, 2.05) is 0 Å². The van der Waals surface area contributed by atoms with Gasteiger partial charge < -0.3 is 0 Å². The first-order chi connectivity index (χ1) is 15.5. The van der Waals surface area contributed by atoms with Gasteiger partial charge in [-0.2, -0.15) is 0 Å². The predicted octanol–water partition coefficient (Wildman–Crippen LogP) is 10.5. The minimum atomic E-state index is 0.0733. The molecule has 1 unspecified atom stereocenters. The van der Waals surface area contributed by atoms with Crippen molar-refractivity contribution >= 4 is 0 Å². The van der Waals surface area contributed by atoms with Crippen molar-refractivity contribution in [2.45, 2.75) is 150 Å². The van der Waals surface area contributed by atoms with Gasteiger partial charge >= 0.3 is 0 Å². The van der Waals surface area contributed by atoms with Crippen LogP contribution < -0.4 is 0 Å². The zero-order valence-electron chi connectivity index (χ0n) is 26.2. The summed E-state index contributed by atoms with van der Waals surface area (Å²) < 4.78 is 0. The first-order valence-electron chi connectivity index (χ1n) is 13.8. The van der Waals surface area contributed by atoms with Gasteiger partial charge in [-0.15, -0.1) is 0 Å². The summed E-state index contributed by atoms with van der Waals surface area (Å²) in [5.74, 6) is 0.434. The highest BCUT2D eigenvalue weighted by atomic mass is 14.4. The highest BCUT2D eigenvalue weighted by molar-refractivity contribution is 5.53. The van der Waals surface area contributed by atoms with Gasteiger partial charge in [0.2, 0.25) is 0 Å². The molecule has 0 saturated carbocycles. The topological polar surface area (TPSA) is 0 Å². The van der Waals surface area contributed by atoms with Crippen LogP contribution in [0.5, 0.6) is 0 Å². The standard InChI is InChI=1S/C35H56/c1-23(22-25-26(31(2,3)4)18-17-19-27(25)32(5,6)7)24-20-21-28(33(8,9)10)30(35(14,15)16)29(24)34(11,12)13/h17-21,23H,22H2,1-16H3. The second-order valence-electron chi connectivity index (χ2n) is 16.1. The van der Waals surface area contributed by atoms with Crippen LogP contribution in [0.25, 0.3) is 0 Å². The van der Waals surface area contributed by atoms with Crippen LogP contribution in [0.2, 0.25) is 0 Å². The summed E-state index contributed by atoms with van der Waals surface area (Å²) in [5.41, 5.74) is 11.2. The highest BCUT2D eigenvalue weighted by Gasteiger charge is 2.35. The Morgan fingerprint density at radius 1 is 0.486 bits per heavy atom. The van der Waals surface area contributed by atoms with E-state index >= 15 is 0 Å². The average molecular weight is 477 g/mol. The molecule has 0 fully saturated rings. The summed E-state index contributed by atoms with van der Waals surface area (Å²) in [7, 11) is 0. The minimum absolute atomic E-state index is 0.0733. The monoisotopic (exact) mass is 476 g/mol. The molecule has 2 aromatic carbocycles. The molecule has 0 N–H and O–H groups in total. The zero-order chi connectivity index (χ0) is 27.4. The van der Waals surface area contributed by atoms with Gasteiger partial charge in [0.15, 0.2) is 0 Å². The van der Waals surface area contributed by atoms with E-state index in [4.69, 9.17) is 0 Å². The quantitative estimate of drug-likeness (QED) is 0.413. The van der Waals surface area contributed by atoms with E-state index in [-0.39, 0.29) is 27.1 Å². The molecule has 0 bridgehead atoms. The van der Waals surface area contributed by atoms with E-state index in [0.29, 0.717) is 5.92 Å². The minimum Gasteiger partial charge on any atom is -0.0617 e. The van der Waals surface area contributed by atoms with Crippen molar-refractivity contribution in [2.24, 2.45) is 0 Å². The molecule has 2 rings (SSSR count). The van der Waals surface area contributed by atoms with E-state index in [9.17, 15) is 0 Å². The van der Waals surface area contributed by atoms with Crippen molar-refractivity contribution in [1.29, 1.82) is 0 Å². The van der Waals surface area contributed by atoms with Crippen LogP contribution in [-0.4, -0.2) is 0 Å². The second kappa shape index (κ2) is 9.39. The summed E-state index contributed by atoms with van der Waals surface area (Å²) >= 11 is 0. The second-order valence-corrected chi connectivity index (χ2v) is 16.1. The summed E-state index contributed by atoms with van der Waals surface area (Å²) in [6.45, 7) is 38.1. The molecule has 196 valence electrons. The van der Waals surface area contributed by atoms with Crippen molar-refractivity contribution in [3.63, 3.8) is 0 Å². The predicted molar refractivity (Wildman–Crippen MR) is 159 cm³/mol. The van der Waals surface area contributed by atoms with Crippen LogP contribution >= 0.6 is 0 Å². The van der Waals surface area contributed by atoms with Gasteiger partial charge in [0.25, 0.3) is 0 Å². The Balaban J connectivity index is 2.86. The lowest BCUT2D eigenvalue weighted by Crippen LogP contribution is -2.30. The SMILES string of the molecule is CC(Cc1c(C(C)(C)C)cccc1C(C)(C)C)c1ccc(C(C)(C)C)c(C(C)(C)C)c1C(C)(C)C. The molecule has 0 heteroatoms. The molecular weight excluding hydrogens is 420 g/mol. The van der Waals surface area contributed by atoms with E-state index in [1.54, 1.807) is 16.7 Å². The Bertz CT molecular complexity index is 996. The van der Waals surface area contributed by atoms with E-state index in [0.717, 1.165) is 6.42 Å². The van der Waals surface area contributed by atoms with Crippen molar-refractivity contribution in [3.8, 4) is 0 Å². The number of benzene rings is 2. The van der Waals surface area contributed by atoms with Crippen LogP contribution in [0.15, 0.2) is 30.3 Å². The van der Waals surface area contributed by atoms with Crippen LogP contribution in [0.4, 0.5) is 0 Å². The number of hydrogen-bond acceptors (Lipinski definition) is 0. The van der Waals surface area contributed by atoms with Crippen LogP contribution in [0, 0.1) is 0 Å². The maximum atomic E-state index is 2.47. The summed E-state index contributed by atoms with van der Waals surface area (Å²) in [6.07, 6.45) is 1.07. The molecule has 0 spiro atoms. The molecule has 0 radical (unpaired) electrons. The molecule has 1 atom stereocenters. The molecule has 0 aliphatic rings. The van der Waals surface area contributed by atoms with Crippen molar-refractivity contribution < 1.29 is 0 Å². The smallest absolute Gasteiger partial charge is 0.0126 e. The average Bonchev–Trinajstić information content (AvgIpc) is 2.63. The fourth-order valence-electron chi connectivity index (χ4n) is 5.87. The van der Waals surface area contributed by atoms with E-state index in [1.165, 1.54) is 22.3 Å². The van der Waals surface area contributed by atoms with Gasteiger partial charge in [0.05, 0.1) is 0 Å². The van der Waals surface area contributed by atoms with E-state index < -0.39 is 0 Å². The third-order valence-corrected chi connectivity index (χ3v) is 7.38. The summed E-state index contributed by atoms with van der Waals surface area (Å²) in [4.78, 5) is 0. The molecule has 0 amide bonds. The third kappa shape index (κ3) is 6.61. The number of hydrogen-bond donors (Lipinski definition) is 0. The molecule has 0 heterocycles. The van der Waals surface area contributed by atoms with Crippen LogP contribution in [0.3, 0.4) is 0 Å². The van der Waals surface area contributed by atoms with E-state index in [2.05, 4.69) is 141 Å². The highest BCUT2D eigenvalue weighted by Crippen LogP contribution is 2.45. The maximum Gasteiger partial charge on any atom is -0.0126 e. The lowest BCUT2D eigenvalue weighted by Gasteiger charge is -2.39. The molecule has 35 heavy (non-hydrogen) atoms. The molecule has 0 aromatic heterocycles. The van der Waals surface area contributed by atoms with Crippen LogP contribution in [0.1, 0.15) is 156 Å². The molecule has 0 nitrogen and oxygen atoms in total. The Morgan fingerprint density at radius 2 is 0.886 bits per heavy atom. The molecule has 0 saturated heterocycles. The lowest BCUT2D eigenvalue weighted by atomic mass is 9.65. The van der Waals surface area contributed by atoms with Gasteiger partial charge in [-0.05, 0) is 78.4 Å². The molecule has 0 aliphatic carbocycles. The van der Waals surface area contributed by atoms with Gasteiger partial charge in [-0.1, -0.05) is 141 Å². The van der Waals surface area contributed by atoms with Crippen molar-refractivity contribution in [1.82, 2.24) is 0 Å². The van der Waals surface area contributed by atoms with Crippen molar-refractivity contribution in [3.05, 3.63) is 69.3 Å². The third-order valence-electron chi connectivity index (χ3n) is 7.38. The molecule has 2 aromatic rings. The van der Waals surface area contributed by atoms with Gasteiger partial charge in [0.1, 0.15) is 0 Å². The van der Waals surface area contributed by atoms with Gasteiger partial charge in [0, 0.05) is 0 Å². The largest absolute Gasteiger partial charge is 0.0617 e. The van der Waals surface area contributed by atoms with Crippen LogP contribution in [-0.2, 0) is 33.5 Å². The first-order valence-corrected chi connectivity index (χ1v) is 13.8. The Hall–Kier alpha value is -1.56. The van der Waals surface area contributed by atoms with Gasteiger partial charge in [-0.3, -0.25) is 0 Å². The lowest BCUT2D eigenvalue weighted by molar-refractivity contribution is 0.489. The number of rotatable bonds is 3. The van der Waals surface area contributed by atoms with Crippen molar-refractivity contribution in [2.75, 3.05) is 0 Å². The molecule has 0 aliphatic heterocycles. The fraction of sp³-hybridized carbons (Fsp3) is 0.657. The first kappa shape index (κ1) is 29.7. The normalized spacial score (nSPS) is 14.9. The van der Waals surface area contributed by atoms with Gasteiger partial charge in [-0.25, -0.2) is 0 Å². The molecular formula is C35H56. The Kier molecular flexibility index (Phi) is 7.96. The summed E-state index contributed by atoms with van der Waals surface area (Å²) in [5, 5.41) is 0. The Labute approximate surface area is 219 Å². The zero-order valence-corrected chi connectivity index (χ0v) is 26.2. The summed E-state index contributed by atoms with van der Waals surface area (Å²) in [6, 6.07) is 11.9. The maximum absolute atomic E-state index is 2.47.